The van der Waals surface area contributed by atoms with Crippen LogP contribution in [0.15, 0.2) is 30.6 Å². The number of rotatable bonds is 3. The molecule has 0 aliphatic heterocycles. The predicted octanol–water partition coefficient (Wildman–Crippen LogP) is 4.26. The Hall–Kier alpha value is -1.64. The third-order valence-electron chi connectivity index (χ3n) is 4.50. The van der Waals surface area contributed by atoms with Crippen molar-refractivity contribution in [2.24, 2.45) is 11.8 Å². The summed E-state index contributed by atoms with van der Waals surface area (Å²) in [6, 6.07) is 6.88. The van der Waals surface area contributed by atoms with E-state index in [1.54, 1.807) is 12.4 Å². The van der Waals surface area contributed by atoms with Gasteiger partial charge < -0.3 is 5.32 Å². The minimum absolute atomic E-state index is 0.602. The maximum Gasteiger partial charge on any atom is 0.0907 e. The van der Waals surface area contributed by atoms with Gasteiger partial charge in [0.05, 0.1) is 11.0 Å². The lowest BCUT2D eigenvalue weighted by molar-refractivity contribution is 0.264. The van der Waals surface area contributed by atoms with Gasteiger partial charge in [0.1, 0.15) is 0 Å². The van der Waals surface area contributed by atoms with Crippen LogP contribution < -0.4 is 5.32 Å². The molecule has 2 atom stereocenters. The van der Waals surface area contributed by atoms with E-state index in [1.807, 2.05) is 6.07 Å². The summed E-state index contributed by atoms with van der Waals surface area (Å²) < 4.78 is 0. The molecule has 1 aliphatic carbocycles. The van der Waals surface area contributed by atoms with Gasteiger partial charge in [0.2, 0.25) is 0 Å². The zero-order chi connectivity index (χ0) is 13.9. The quantitative estimate of drug-likeness (QED) is 0.904. The fourth-order valence-corrected chi connectivity index (χ4v) is 3.25. The maximum absolute atomic E-state index is 4.38. The highest BCUT2D eigenvalue weighted by molar-refractivity contribution is 5.78. The predicted molar refractivity (Wildman–Crippen MR) is 83.7 cm³/mol. The largest absolute Gasteiger partial charge is 0.382 e. The molecule has 1 heterocycles. The zero-order valence-corrected chi connectivity index (χ0v) is 12.3. The van der Waals surface area contributed by atoms with Crippen LogP contribution >= 0.6 is 0 Å². The smallest absolute Gasteiger partial charge is 0.0907 e. The number of fused-ring (bicyclic) bond motifs is 1. The van der Waals surface area contributed by atoms with Gasteiger partial charge in [-0.1, -0.05) is 26.7 Å². The Balaban J connectivity index is 1.72. The van der Waals surface area contributed by atoms with Gasteiger partial charge in [0.25, 0.3) is 0 Å². The molecule has 1 aromatic heterocycles. The summed E-state index contributed by atoms with van der Waals surface area (Å²) in [4.78, 5) is 8.69. The second kappa shape index (κ2) is 5.78. The monoisotopic (exact) mass is 269 g/mol. The lowest BCUT2D eigenvalue weighted by Crippen LogP contribution is -2.29. The molecular formula is C17H23N3. The van der Waals surface area contributed by atoms with Crippen molar-refractivity contribution in [1.82, 2.24) is 9.97 Å². The summed E-state index contributed by atoms with van der Waals surface area (Å²) in [5.41, 5.74) is 3.10. The fourth-order valence-electron chi connectivity index (χ4n) is 3.25. The molecule has 3 nitrogen and oxygen atoms in total. The number of hydrogen-bond donors (Lipinski definition) is 1. The second-order valence-electron chi connectivity index (χ2n) is 6.27. The van der Waals surface area contributed by atoms with Gasteiger partial charge in [-0.2, -0.15) is 0 Å². The van der Waals surface area contributed by atoms with E-state index < -0.39 is 0 Å². The maximum atomic E-state index is 4.38. The van der Waals surface area contributed by atoms with Crippen LogP contribution in [-0.2, 0) is 0 Å². The van der Waals surface area contributed by atoms with Gasteiger partial charge in [-0.25, -0.2) is 0 Å². The summed E-state index contributed by atoms with van der Waals surface area (Å²) in [5.74, 6) is 1.66. The molecule has 1 aliphatic rings. The van der Waals surface area contributed by atoms with Crippen LogP contribution in [0.4, 0.5) is 5.69 Å². The van der Waals surface area contributed by atoms with E-state index in [0.29, 0.717) is 6.04 Å². The molecule has 1 N–H and O–H groups in total. The van der Waals surface area contributed by atoms with Crippen LogP contribution in [0.2, 0.25) is 0 Å². The average Bonchev–Trinajstić information content (AvgIpc) is 2.47. The number of anilines is 1. The Morgan fingerprint density at radius 3 is 2.70 bits per heavy atom. The minimum Gasteiger partial charge on any atom is -0.382 e. The summed E-state index contributed by atoms with van der Waals surface area (Å²) >= 11 is 0. The number of aromatic nitrogens is 2. The number of benzene rings is 1. The Morgan fingerprint density at radius 1 is 1.10 bits per heavy atom. The first kappa shape index (κ1) is 13.3. The van der Waals surface area contributed by atoms with Gasteiger partial charge >= 0.3 is 0 Å². The van der Waals surface area contributed by atoms with E-state index in [2.05, 4.69) is 41.3 Å². The summed E-state index contributed by atoms with van der Waals surface area (Å²) in [6.45, 7) is 4.69. The zero-order valence-electron chi connectivity index (χ0n) is 12.3. The molecule has 20 heavy (non-hydrogen) atoms. The molecule has 1 aromatic carbocycles. The molecule has 0 spiro atoms. The van der Waals surface area contributed by atoms with Crippen molar-refractivity contribution in [2.45, 2.75) is 45.6 Å². The lowest BCUT2D eigenvalue weighted by atomic mass is 9.79. The van der Waals surface area contributed by atoms with Crippen LogP contribution in [-0.4, -0.2) is 16.0 Å². The van der Waals surface area contributed by atoms with E-state index in [1.165, 1.54) is 31.4 Å². The molecule has 3 heteroatoms. The van der Waals surface area contributed by atoms with Crippen molar-refractivity contribution < 1.29 is 0 Å². The summed E-state index contributed by atoms with van der Waals surface area (Å²) in [6.07, 6.45) is 8.79. The van der Waals surface area contributed by atoms with E-state index >= 15 is 0 Å². The highest BCUT2D eigenvalue weighted by Crippen LogP contribution is 2.31. The molecule has 2 unspecified atom stereocenters. The highest BCUT2D eigenvalue weighted by Gasteiger charge is 2.23. The summed E-state index contributed by atoms with van der Waals surface area (Å²) in [7, 11) is 0. The van der Waals surface area contributed by atoms with E-state index in [-0.39, 0.29) is 0 Å². The van der Waals surface area contributed by atoms with Gasteiger partial charge in [0.15, 0.2) is 0 Å². The Labute approximate surface area is 120 Å². The SMILES string of the molecule is CC(C)C1CCCC(Nc2ccc3nccnc3c2)C1. The average molecular weight is 269 g/mol. The van der Waals surface area contributed by atoms with Crippen LogP contribution in [0.3, 0.4) is 0 Å². The molecule has 0 saturated heterocycles. The van der Waals surface area contributed by atoms with Crippen LogP contribution in [0.1, 0.15) is 39.5 Å². The second-order valence-corrected chi connectivity index (χ2v) is 6.27. The normalized spacial score (nSPS) is 23.1. The van der Waals surface area contributed by atoms with Crippen molar-refractivity contribution >= 4 is 16.7 Å². The van der Waals surface area contributed by atoms with Gasteiger partial charge in [-0.05, 0) is 42.9 Å². The topological polar surface area (TPSA) is 37.8 Å². The number of hydrogen-bond acceptors (Lipinski definition) is 3. The molecule has 0 radical (unpaired) electrons. The first-order chi connectivity index (χ1) is 9.72. The number of nitrogens with zero attached hydrogens (tertiary/aromatic N) is 2. The van der Waals surface area contributed by atoms with E-state index in [4.69, 9.17) is 0 Å². The Kier molecular flexibility index (Phi) is 3.86. The fraction of sp³-hybridized carbons (Fsp3) is 0.529. The minimum atomic E-state index is 0.602. The van der Waals surface area contributed by atoms with Gasteiger partial charge in [0, 0.05) is 24.1 Å². The van der Waals surface area contributed by atoms with Crippen molar-refractivity contribution in [2.75, 3.05) is 5.32 Å². The first-order valence-corrected chi connectivity index (χ1v) is 7.69. The van der Waals surface area contributed by atoms with Crippen molar-refractivity contribution in [3.63, 3.8) is 0 Å². The molecular weight excluding hydrogens is 246 g/mol. The van der Waals surface area contributed by atoms with Crippen molar-refractivity contribution in [3.05, 3.63) is 30.6 Å². The Morgan fingerprint density at radius 2 is 1.90 bits per heavy atom. The first-order valence-electron chi connectivity index (χ1n) is 7.69. The number of nitrogens with one attached hydrogen (secondary N) is 1. The lowest BCUT2D eigenvalue weighted by Gasteiger charge is -2.32. The molecule has 0 bridgehead atoms. The van der Waals surface area contributed by atoms with E-state index in [0.717, 1.165) is 22.9 Å². The van der Waals surface area contributed by atoms with Gasteiger partial charge in [-0.3, -0.25) is 9.97 Å². The highest BCUT2D eigenvalue weighted by atomic mass is 14.9. The van der Waals surface area contributed by atoms with E-state index in [9.17, 15) is 0 Å². The molecule has 1 saturated carbocycles. The third-order valence-corrected chi connectivity index (χ3v) is 4.50. The van der Waals surface area contributed by atoms with Crippen LogP contribution in [0.25, 0.3) is 11.0 Å². The van der Waals surface area contributed by atoms with Crippen LogP contribution in [0.5, 0.6) is 0 Å². The Bertz CT molecular complexity index is 579. The van der Waals surface area contributed by atoms with Crippen molar-refractivity contribution in [3.8, 4) is 0 Å². The molecule has 106 valence electrons. The third kappa shape index (κ3) is 2.92. The molecule has 1 fully saturated rings. The standard InChI is InChI=1S/C17H23N3/c1-12(2)13-4-3-5-14(10-13)20-15-6-7-16-17(11-15)19-9-8-18-16/h6-9,11-14,20H,3-5,10H2,1-2H3. The summed E-state index contributed by atoms with van der Waals surface area (Å²) in [5, 5.41) is 3.69. The molecule has 0 amide bonds. The van der Waals surface area contributed by atoms with Crippen LogP contribution in [0, 0.1) is 11.8 Å². The molecule has 2 aromatic rings. The molecule has 3 rings (SSSR count). The van der Waals surface area contributed by atoms with Crippen molar-refractivity contribution in [1.29, 1.82) is 0 Å². The van der Waals surface area contributed by atoms with Gasteiger partial charge in [-0.15, -0.1) is 0 Å².